The van der Waals surface area contributed by atoms with Crippen LogP contribution in [-0.2, 0) is 9.47 Å². The second-order valence-corrected chi connectivity index (χ2v) is 5.48. The molecule has 2 aromatic rings. The number of anilines is 1. The van der Waals surface area contributed by atoms with Crippen LogP contribution in [0.15, 0.2) is 24.3 Å². The summed E-state index contributed by atoms with van der Waals surface area (Å²) in [5, 5.41) is 0. The van der Waals surface area contributed by atoms with Crippen molar-refractivity contribution < 1.29 is 9.47 Å². The van der Waals surface area contributed by atoms with E-state index in [9.17, 15) is 0 Å². The maximum Gasteiger partial charge on any atom is 0.203 e. The zero-order valence-electron chi connectivity index (χ0n) is 12.5. The minimum Gasteiger partial charge on any atom is -0.385 e. The number of hydrogen-bond donors (Lipinski definition) is 1. The summed E-state index contributed by atoms with van der Waals surface area (Å²) in [5.41, 5.74) is 2.14. The summed E-state index contributed by atoms with van der Waals surface area (Å²) < 4.78 is 10.9. The highest BCUT2D eigenvalue weighted by molar-refractivity contribution is 5.77. The first-order chi connectivity index (χ1) is 10.4. The standard InChI is InChI=1S/C16H23N3O2/c1-20-11-4-12-21-13-7-9-19(10-8-13)16-17-14-5-2-3-6-15(14)18-16/h2-3,5-6,13H,4,7-12H2,1H3,(H,17,18). The number of hydrogen-bond acceptors (Lipinski definition) is 4. The molecule has 21 heavy (non-hydrogen) atoms. The predicted molar refractivity (Wildman–Crippen MR) is 83.8 cm³/mol. The predicted octanol–water partition coefficient (Wildman–Crippen LogP) is 2.58. The molecule has 5 nitrogen and oxygen atoms in total. The second-order valence-electron chi connectivity index (χ2n) is 5.48. The smallest absolute Gasteiger partial charge is 0.203 e. The average Bonchev–Trinajstić information content (AvgIpc) is 2.96. The van der Waals surface area contributed by atoms with Crippen molar-refractivity contribution in [1.29, 1.82) is 0 Å². The van der Waals surface area contributed by atoms with Gasteiger partial charge in [0.05, 0.1) is 17.1 Å². The molecule has 1 aromatic carbocycles. The molecule has 0 atom stereocenters. The zero-order valence-corrected chi connectivity index (χ0v) is 12.5. The first kappa shape index (κ1) is 14.4. The zero-order chi connectivity index (χ0) is 14.5. The number of benzene rings is 1. The Kier molecular flexibility index (Phi) is 4.72. The fourth-order valence-corrected chi connectivity index (χ4v) is 2.78. The highest BCUT2D eigenvalue weighted by Gasteiger charge is 2.21. The fourth-order valence-electron chi connectivity index (χ4n) is 2.78. The SMILES string of the molecule is COCCCOC1CCN(c2nc3ccccc3[nH]2)CC1. The summed E-state index contributed by atoms with van der Waals surface area (Å²) in [6.07, 6.45) is 3.47. The fraction of sp³-hybridized carbons (Fsp3) is 0.562. The van der Waals surface area contributed by atoms with Gasteiger partial charge in [0, 0.05) is 33.4 Å². The van der Waals surface area contributed by atoms with Crippen LogP contribution >= 0.6 is 0 Å². The quantitative estimate of drug-likeness (QED) is 0.830. The van der Waals surface area contributed by atoms with Gasteiger partial charge in [-0.15, -0.1) is 0 Å². The summed E-state index contributed by atoms with van der Waals surface area (Å²) in [4.78, 5) is 10.4. The van der Waals surface area contributed by atoms with Crippen LogP contribution in [0.4, 0.5) is 5.95 Å². The van der Waals surface area contributed by atoms with Gasteiger partial charge in [-0.25, -0.2) is 4.98 Å². The van der Waals surface area contributed by atoms with Crippen molar-refractivity contribution in [3.8, 4) is 0 Å². The van der Waals surface area contributed by atoms with Crippen molar-refractivity contribution in [3.63, 3.8) is 0 Å². The van der Waals surface area contributed by atoms with E-state index >= 15 is 0 Å². The van der Waals surface area contributed by atoms with Gasteiger partial charge in [0.25, 0.3) is 0 Å². The summed E-state index contributed by atoms with van der Waals surface area (Å²) in [5.74, 6) is 0.981. The molecule has 0 spiro atoms. The lowest BCUT2D eigenvalue weighted by Crippen LogP contribution is -2.37. The van der Waals surface area contributed by atoms with Gasteiger partial charge in [-0.2, -0.15) is 0 Å². The summed E-state index contributed by atoms with van der Waals surface area (Å²) in [6.45, 7) is 3.56. The van der Waals surface area contributed by atoms with Crippen molar-refractivity contribution in [3.05, 3.63) is 24.3 Å². The lowest BCUT2D eigenvalue weighted by Gasteiger charge is -2.31. The van der Waals surface area contributed by atoms with E-state index in [-0.39, 0.29) is 0 Å². The normalized spacial score (nSPS) is 16.7. The van der Waals surface area contributed by atoms with E-state index < -0.39 is 0 Å². The van der Waals surface area contributed by atoms with Gasteiger partial charge < -0.3 is 19.4 Å². The van der Waals surface area contributed by atoms with E-state index in [1.807, 2.05) is 18.2 Å². The Labute approximate surface area is 125 Å². The van der Waals surface area contributed by atoms with Gasteiger partial charge in [0.1, 0.15) is 0 Å². The van der Waals surface area contributed by atoms with Gasteiger partial charge in [0.15, 0.2) is 0 Å². The van der Waals surface area contributed by atoms with Crippen molar-refractivity contribution in [2.75, 3.05) is 38.3 Å². The van der Waals surface area contributed by atoms with E-state index in [1.165, 1.54) is 0 Å². The minimum atomic E-state index is 0.377. The summed E-state index contributed by atoms with van der Waals surface area (Å²) in [6, 6.07) is 8.16. The minimum absolute atomic E-state index is 0.377. The van der Waals surface area contributed by atoms with E-state index in [0.29, 0.717) is 6.10 Å². The maximum atomic E-state index is 5.89. The number of piperidine rings is 1. The van der Waals surface area contributed by atoms with Crippen LogP contribution < -0.4 is 4.90 Å². The molecule has 1 aliphatic heterocycles. The molecular formula is C16H23N3O2. The molecule has 0 bridgehead atoms. The molecule has 114 valence electrons. The molecule has 1 aliphatic rings. The largest absolute Gasteiger partial charge is 0.385 e. The number of nitrogens with zero attached hydrogens (tertiary/aromatic N) is 2. The van der Waals surface area contributed by atoms with Gasteiger partial charge >= 0.3 is 0 Å². The monoisotopic (exact) mass is 289 g/mol. The molecule has 1 N–H and O–H groups in total. The van der Waals surface area contributed by atoms with Crippen molar-refractivity contribution in [2.45, 2.75) is 25.4 Å². The number of nitrogens with one attached hydrogen (secondary N) is 1. The van der Waals surface area contributed by atoms with Crippen LogP contribution in [0.25, 0.3) is 11.0 Å². The first-order valence-electron chi connectivity index (χ1n) is 7.67. The number of methoxy groups -OCH3 is 1. The van der Waals surface area contributed by atoms with Crippen LogP contribution in [0.3, 0.4) is 0 Å². The van der Waals surface area contributed by atoms with Crippen molar-refractivity contribution in [2.24, 2.45) is 0 Å². The molecule has 0 radical (unpaired) electrons. The Bertz CT molecular complexity index is 528. The highest BCUT2D eigenvalue weighted by Crippen LogP contribution is 2.21. The van der Waals surface area contributed by atoms with Crippen LogP contribution in [0, 0.1) is 0 Å². The van der Waals surface area contributed by atoms with E-state index in [4.69, 9.17) is 9.47 Å². The van der Waals surface area contributed by atoms with Gasteiger partial charge in [-0.1, -0.05) is 12.1 Å². The topological polar surface area (TPSA) is 50.4 Å². The number of rotatable bonds is 6. The Morgan fingerprint density at radius 1 is 1.24 bits per heavy atom. The number of aromatic amines is 1. The van der Waals surface area contributed by atoms with E-state index in [1.54, 1.807) is 7.11 Å². The van der Waals surface area contributed by atoms with Crippen molar-refractivity contribution >= 4 is 17.0 Å². The third-order valence-electron chi connectivity index (χ3n) is 3.96. The van der Waals surface area contributed by atoms with Gasteiger partial charge in [-0.3, -0.25) is 0 Å². The molecule has 2 heterocycles. The molecule has 5 heteroatoms. The van der Waals surface area contributed by atoms with E-state index in [2.05, 4.69) is 20.9 Å². The number of fused-ring (bicyclic) bond motifs is 1. The number of para-hydroxylation sites is 2. The number of ether oxygens (including phenoxy) is 2. The Hall–Kier alpha value is -1.59. The van der Waals surface area contributed by atoms with Crippen LogP contribution in [0.1, 0.15) is 19.3 Å². The van der Waals surface area contributed by atoms with Crippen LogP contribution in [-0.4, -0.2) is 49.5 Å². The Morgan fingerprint density at radius 2 is 2.05 bits per heavy atom. The average molecular weight is 289 g/mol. The third-order valence-corrected chi connectivity index (χ3v) is 3.96. The number of H-pyrrole nitrogens is 1. The first-order valence-corrected chi connectivity index (χ1v) is 7.67. The molecule has 1 saturated heterocycles. The lowest BCUT2D eigenvalue weighted by molar-refractivity contribution is 0.0256. The lowest BCUT2D eigenvalue weighted by atomic mass is 10.1. The molecule has 3 rings (SSSR count). The van der Waals surface area contributed by atoms with E-state index in [0.717, 1.165) is 62.5 Å². The third kappa shape index (κ3) is 3.54. The molecule has 0 aliphatic carbocycles. The highest BCUT2D eigenvalue weighted by atomic mass is 16.5. The maximum absolute atomic E-state index is 5.89. The van der Waals surface area contributed by atoms with Gasteiger partial charge in [0.2, 0.25) is 5.95 Å². The van der Waals surface area contributed by atoms with Crippen LogP contribution in [0.5, 0.6) is 0 Å². The summed E-state index contributed by atoms with van der Waals surface area (Å²) >= 11 is 0. The summed E-state index contributed by atoms with van der Waals surface area (Å²) in [7, 11) is 1.73. The molecule has 1 fully saturated rings. The Balaban J connectivity index is 1.51. The van der Waals surface area contributed by atoms with Crippen molar-refractivity contribution in [1.82, 2.24) is 9.97 Å². The van der Waals surface area contributed by atoms with Gasteiger partial charge in [-0.05, 0) is 31.4 Å². The molecule has 0 unspecified atom stereocenters. The molecule has 0 amide bonds. The molecule has 0 saturated carbocycles. The second kappa shape index (κ2) is 6.91. The molecule has 1 aromatic heterocycles. The molecular weight excluding hydrogens is 266 g/mol. The number of aromatic nitrogens is 2. The van der Waals surface area contributed by atoms with Crippen LogP contribution in [0.2, 0.25) is 0 Å². The Morgan fingerprint density at radius 3 is 2.81 bits per heavy atom. The number of imidazole rings is 1.